The van der Waals surface area contributed by atoms with E-state index in [9.17, 15) is 9.59 Å². The number of halogens is 1. The van der Waals surface area contributed by atoms with Crippen molar-refractivity contribution in [1.29, 1.82) is 0 Å². The van der Waals surface area contributed by atoms with Crippen molar-refractivity contribution >= 4 is 29.4 Å². The number of fused-ring (bicyclic) bond motifs is 1. The lowest BCUT2D eigenvalue weighted by atomic mass is 10.0. The molecular weight excluding hydrogens is 364 g/mol. The van der Waals surface area contributed by atoms with Crippen LogP contribution in [0.25, 0.3) is 6.08 Å². The van der Waals surface area contributed by atoms with E-state index in [1.165, 1.54) is 12.5 Å². The second-order valence-electron chi connectivity index (χ2n) is 6.91. The molecule has 5 heteroatoms. The van der Waals surface area contributed by atoms with E-state index in [2.05, 4.69) is 13.8 Å². The average molecular weight is 385 g/mol. The van der Waals surface area contributed by atoms with Crippen LogP contribution >= 0.6 is 11.6 Å². The van der Waals surface area contributed by atoms with Crippen molar-refractivity contribution in [3.8, 4) is 11.5 Å². The van der Waals surface area contributed by atoms with Gasteiger partial charge in [-0.25, -0.2) is 0 Å². The molecule has 1 atom stereocenters. The molecule has 0 saturated carbocycles. The first-order valence-electron chi connectivity index (χ1n) is 8.81. The van der Waals surface area contributed by atoms with E-state index in [-0.39, 0.29) is 11.5 Å². The van der Waals surface area contributed by atoms with Crippen molar-refractivity contribution in [2.45, 2.75) is 39.0 Å². The van der Waals surface area contributed by atoms with Crippen molar-refractivity contribution in [3.63, 3.8) is 0 Å². The molecule has 1 aliphatic rings. The number of Topliss-reactive ketones (excluding diaryl/α,β-unsaturated/α-hetero) is 1. The van der Waals surface area contributed by atoms with Gasteiger partial charge in [0, 0.05) is 6.07 Å². The average Bonchev–Trinajstić information content (AvgIpc) is 2.91. The fourth-order valence-corrected chi connectivity index (χ4v) is 2.91. The number of carbonyl (C=O) groups excluding carboxylic acids is 2. The number of hydrogen-bond donors (Lipinski definition) is 0. The summed E-state index contributed by atoms with van der Waals surface area (Å²) in [5.41, 5.74) is 3.28. The topological polar surface area (TPSA) is 52.6 Å². The Hall–Kier alpha value is -2.59. The van der Waals surface area contributed by atoms with Crippen LogP contribution in [0.5, 0.6) is 11.5 Å². The van der Waals surface area contributed by atoms with Gasteiger partial charge in [0.25, 0.3) is 0 Å². The summed E-state index contributed by atoms with van der Waals surface area (Å²) in [6, 6.07) is 11.2. The smallest absolute Gasteiger partial charge is 0.329 e. The number of benzene rings is 2. The molecule has 4 nitrogen and oxygen atoms in total. The molecule has 0 radical (unpaired) electrons. The largest absolute Gasteiger partial charge is 0.452 e. The maximum Gasteiger partial charge on any atom is 0.329 e. The number of aryl methyl sites for hydroxylation is 1. The van der Waals surface area contributed by atoms with Gasteiger partial charge in [0.2, 0.25) is 5.78 Å². The van der Waals surface area contributed by atoms with E-state index < -0.39 is 11.3 Å². The van der Waals surface area contributed by atoms with Gasteiger partial charge in [-0.2, -0.15) is 0 Å². The number of allylic oxidation sites excluding steroid dienone is 1. The molecule has 0 N–H and O–H groups in total. The van der Waals surface area contributed by atoms with Gasteiger partial charge in [-0.1, -0.05) is 38.1 Å². The van der Waals surface area contributed by atoms with Crippen LogP contribution in [0.4, 0.5) is 0 Å². The van der Waals surface area contributed by atoms with Crippen molar-refractivity contribution in [2.24, 2.45) is 0 Å². The molecule has 0 amide bonds. The third-order valence-corrected chi connectivity index (χ3v) is 4.57. The van der Waals surface area contributed by atoms with E-state index in [0.717, 1.165) is 5.56 Å². The summed E-state index contributed by atoms with van der Waals surface area (Å²) in [6.07, 6.45) is 1.72. The number of esters is 1. The Morgan fingerprint density at radius 2 is 1.81 bits per heavy atom. The van der Waals surface area contributed by atoms with Crippen LogP contribution in [-0.4, -0.2) is 17.1 Å². The second-order valence-corrected chi connectivity index (χ2v) is 7.57. The normalized spacial score (nSPS) is 15.6. The number of carbonyl (C=O) groups is 2. The van der Waals surface area contributed by atoms with E-state index in [4.69, 9.17) is 21.1 Å². The minimum atomic E-state index is -0.759. The molecule has 2 aromatic rings. The predicted octanol–water partition coefficient (Wildman–Crippen LogP) is 5.27. The molecule has 0 aliphatic carbocycles. The van der Waals surface area contributed by atoms with Gasteiger partial charge in [0.15, 0.2) is 5.76 Å². The molecule has 1 heterocycles. The van der Waals surface area contributed by atoms with Crippen molar-refractivity contribution < 1.29 is 19.1 Å². The predicted molar refractivity (Wildman–Crippen MR) is 106 cm³/mol. The van der Waals surface area contributed by atoms with Gasteiger partial charge in [0.1, 0.15) is 16.9 Å². The third-order valence-electron chi connectivity index (χ3n) is 4.39. The Morgan fingerprint density at radius 3 is 2.41 bits per heavy atom. The minimum Gasteiger partial charge on any atom is -0.452 e. The Labute approximate surface area is 163 Å². The molecule has 0 bridgehead atoms. The summed E-state index contributed by atoms with van der Waals surface area (Å²) >= 11 is 5.73. The first kappa shape index (κ1) is 19.2. The molecule has 1 unspecified atom stereocenters. The highest BCUT2D eigenvalue weighted by atomic mass is 35.5. The summed E-state index contributed by atoms with van der Waals surface area (Å²) in [7, 11) is 0. The Morgan fingerprint density at radius 1 is 1.15 bits per heavy atom. The standard InChI is InChI=1S/C22H21ClO4/c1-12(2)16-7-5-15(6-8-16)10-19-21(24)20-13(3)9-17(11-18(20)27-19)26-22(25)14(4)23/h5-12,14H,1-4H3/b19-10-. The zero-order valence-corrected chi connectivity index (χ0v) is 16.5. The fraction of sp³-hybridized carbons (Fsp3) is 0.273. The number of ether oxygens (including phenoxy) is 2. The monoisotopic (exact) mass is 384 g/mol. The molecule has 0 spiro atoms. The quantitative estimate of drug-likeness (QED) is 0.312. The highest BCUT2D eigenvalue weighted by Gasteiger charge is 2.30. The molecule has 140 valence electrons. The Kier molecular flexibility index (Phi) is 5.38. The maximum atomic E-state index is 12.7. The van der Waals surface area contributed by atoms with Gasteiger partial charge in [0.05, 0.1) is 5.56 Å². The summed E-state index contributed by atoms with van der Waals surface area (Å²) < 4.78 is 11.0. The van der Waals surface area contributed by atoms with Gasteiger partial charge in [-0.3, -0.25) is 9.59 Å². The van der Waals surface area contributed by atoms with Gasteiger partial charge in [-0.15, -0.1) is 11.6 Å². The first-order chi connectivity index (χ1) is 12.8. The van der Waals surface area contributed by atoms with E-state index >= 15 is 0 Å². The molecule has 0 fully saturated rings. The lowest BCUT2D eigenvalue weighted by molar-refractivity contribution is -0.133. The second kappa shape index (κ2) is 7.57. The van der Waals surface area contributed by atoms with Crippen molar-refractivity contribution in [1.82, 2.24) is 0 Å². The SMILES string of the molecule is Cc1cc(OC(=O)C(C)Cl)cc2c1C(=O)/C(=C/c1ccc(C(C)C)cc1)O2. The first-order valence-corrected chi connectivity index (χ1v) is 9.24. The summed E-state index contributed by atoms with van der Waals surface area (Å²) in [4.78, 5) is 24.4. The molecule has 0 aromatic heterocycles. The highest BCUT2D eigenvalue weighted by Crippen LogP contribution is 2.37. The fourth-order valence-electron chi connectivity index (χ4n) is 2.86. The molecule has 2 aromatic carbocycles. The van der Waals surface area contributed by atoms with Crippen LogP contribution in [0.2, 0.25) is 0 Å². The lowest BCUT2D eigenvalue weighted by Crippen LogP contribution is -2.17. The Balaban J connectivity index is 1.88. The molecular formula is C22H21ClO4. The minimum absolute atomic E-state index is 0.181. The van der Waals surface area contributed by atoms with E-state index in [1.54, 1.807) is 25.1 Å². The van der Waals surface area contributed by atoms with Crippen LogP contribution < -0.4 is 9.47 Å². The molecule has 27 heavy (non-hydrogen) atoms. The lowest BCUT2D eigenvalue weighted by Gasteiger charge is -2.08. The van der Waals surface area contributed by atoms with Crippen molar-refractivity contribution in [2.75, 3.05) is 0 Å². The number of hydrogen-bond acceptors (Lipinski definition) is 4. The summed E-state index contributed by atoms with van der Waals surface area (Å²) in [6.45, 7) is 7.58. The maximum absolute atomic E-state index is 12.7. The van der Waals surface area contributed by atoms with Crippen molar-refractivity contribution in [3.05, 3.63) is 64.4 Å². The number of alkyl halides is 1. The van der Waals surface area contributed by atoms with E-state index in [0.29, 0.717) is 28.5 Å². The number of ketones is 1. The summed E-state index contributed by atoms with van der Waals surface area (Å²) in [5.74, 6) is 0.647. The zero-order chi connectivity index (χ0) is 19.7. The van der Waals surface area contributed by atoms with E-state index in [1.807, 2.05) is 24.3 Å². The molecule has 1 aliphatic heterocycles. The Bertz CT molecular complexity index is 924. The van der Waals surface area contributed by atoms with Crippen LogP contribution in [0.1, 0.15) is 53.7 Å². The van der Waals surface area contributed by atoms with Gasteiger partial charge < -0.3 is 9.47 Å². The zero-order valence-electron chi connectivity index (χ0n) is 15.7. The molecule has 3 rings (SSSR count). The van der Waals surface area contributed by atoms with Gasteiger partial charge in [-0.05, 0) is 48.6 Å². The van der Waals surface area contributed by atoms with Crippen LogP contribution in [0.3, 0.4) is 0 Å². The third kappa shape index (κ3) is 4.06. The molecule has 0 saturated heterocycles. The van der Waals surface area contributed by atoms with Gasteiger partial charge >= 0.3 is 5.97 Å². The van der Waals surface area contributed by atoms with Crippen LogP contribution in [0, 0.1) is 6.92 Å². The summed E-state index contributed by atoms with van der Waals surface area (Å²) in [5, 5.41) is -0.759. The van der Waals surface area contributed by atoms with Crippen LogP contribution in [0.15, 0.2) is 42.2 Å². The van der Waals surface area contributed by atoms with Crippen LogP contribution in [-0.2, 0) is 4.79 Å². The number of rotatable bonds is 4. The highest BCUT2D eigenvalue weighted by molar-refractivity contribution is 6.29.